The molecular formula is C18H34N4O6Ru. The van der Waals surface area contributed by atoms with Crippen molar-refractivity contribution >= 4 is 37.2 Å². The fourth-order valence-corrected chi connectivity index (χ4v) is 1.36. The van der Waals surface area contributed by atoms with Crippen LogP contribution < -0.4 is 20.8 Å². The van der Waals surface area contributed by atoms with Gasteiger partial charge in [-0.15, -0.1) is 0 Å². The van der Waals surface area contributed by atoms with Crippen molar-refractivity contribution in [3.05, 3.63) is 0 Å². The molecule has 0 aromatic rings. The Morgan fingerprint density at radius 2 is 0.862 bits per heavy atom. The van der Waals surface area contributed by atoms with Crippen LogP contribution in [-0.4, -0.2) is 61.4 Å². The van der Waals surface area contributed by atoms with E-state index in [-0.39, 0.29) is 55.3 Å². The zero-order chi connectivity index (χ0) is 23.4. The molecule has 0 radical (unpaired) electrons. The van der Waals surface area contributed by atoms with Crippen molar-refractivity contribution in [2.45, 2.75) is 79.6 Å². The molecule has 0 spiro atoms. The van der Waals surface area contributed by atoms with Crippen LogP contribution in [0.2, 0.25) is 0 Å². The van der Waals surface area contributed by atoms with Gasteiger partial charge in [0.05, 0.1) is 0 Å². The van der Waals surface area contributed by atoms with Crippen LogP contribution in [0.3, 0.4) is 0 Å². The Balaban J connectivity index is -0.000000109. The number of hydrogen-bond acceptors (Lipinski definition) is 8. The third kappa shape index (κ3) is 30.8. The smallest absolute Gasteiger partial charge is 0.542 e. The van der Waals surface area contributed by atoms with Gasteiger partial charge in [0.2, 0.25) is 0 Å². The first-order valence-electron chi connectivity index (χ1n) is 8.55. The summed E-state index contributed by atoms with van der Waals surface area (Å²) in [6.45, 7) is 18.6. The second-order valence-electron chi connectivity index (χ2n) is 6.32. The molecule has 11 heteroatoms. The molecule has 0 atom stereocenters. The second kappa shape index (κ2) is 23.9. The van der Waals surface area contributed by atoms with Crippen LogP contribution in [0, 0.1) is 0 Å². The second-order valence-corrected chi connectivity index (χ2v) is 6.32. The predicted molar refractivity (Wildman–Crippen MR) is 106 cm³/mol. The fourth-order valence-electron chi connectivity index (χ4n) is 1.36. The average molecular weight is 504 g/mol. The molecule has 0 aromatic heterocycles. The Kier molecular flexibility index (Phi) is 30.9. The molecular weight excluding hydrogens is 469 g/mol. The summed E-state index contributed by atoms with van der Waals surface area (Å²) in [4.78, 5) is 44.7. The van der Waals surface area contributed by atoms with E-state index >= 15 is 0 Å². The van der Waals surface area contributed by atoms with Crippen molar-refractivity contribution in [3.8, 4) is 0 Å². The van der Waals surface area contributed by atoms with E-state index in [1.165, 1.54) is 0 Å². The van der Waals surface area contributed by atoms with E-state index in [0.29, 0.717) is 0 Å². The van der Waals surface area contributed by atoms with Gasteiger partial charge in [0, 0.05) is 24.2 Å². The van der Waals surface area contributed by atoms with Gasteiger partial charge in [0.1, 0.15) is 37.2 Å². The Morgan fingerprint density at radius 1 is 0.655 bits per heavy atom. The number of aliphatic carboxylic acids is 2. The molecule has 0 aliphatic carbocycles. The Morgan fingerprint density at radius 3 is 0.966 bits per heavy atom. The maximum absolute atomic E-state index is 10.5. The summed E-state index contributed by atoms with van der Waals surface area (Å²) >= 11 is 0. The first-order chi connectivity index (χ1) is 12.9. The third-order valence-electron chi connectivity index (χ3n) is 2.01. The predicted octanol–water partition coefficient (Wildman–Crippen LogP) is -1.29. The minimum Gasteiger partial charge on any atom is -0.542 e. The first kappa shape index (κ1) is 37.6. The van der Waals surface area contributed by atoms with Crippen LogP contribution >= 0.6 is 0 Å². The number of aliphatic imine (C=N–C) groups is 2. The number of carbonyl (C=O) groups is 4. The fraction of sp³-hybridized carbons (Fsp3) is 0.667. The third-order valence-corrected chi connectivity index (χ3v) is 2.01. The SMILES string of the molecule is C=O.C=O.CC(C)N=C(NC(C)C)C(=O)[O-].CC(C)N=C(NC(C)C)C(=O)[O-].[Ru+2]. The Bertz CT molecular complexity index is 451. The molecule has 0 aliphatic heterocycles. The largest absolute Gasteiger partial charge is 2.00 e. The number of carbonyl (C=O) groups excluding carboxylic acids is 4. The molecule has 0 aliphatic rings. The molecule has 0 saturated carbocycles. The summed E-state index contributed by atoms with van der Waals surface area (Å²) in [5, 5.41) is 26.3. The molecule has 0 bridgehead atoms. The van der Waals surface area contributed by atoms with E-state index in [9.17, 15) is 19.8 Å². The monoisotopic (exact) mass is 504 g/mol. The molecule has 29 heavy (non-hydrogen) atoms. The molecule has 0 heterocycles. The summed E-state index contributed by atoms with van der Waals surface area (Å²) in [7, 11) is 0. The van der Waals surface area contributed by atoms with E-state index < -0.39 is 11.9 Å². The first-order valence-corrected chi connectivity index (χ1v) is 8.55. The van der Waals surface area contributed by atoms with Gasteiger partial charge in [-0.05, 0) is 55.4 Å². The van der Waals surface area contributed by atoms with Crippen LogP contribution in [0.25, 0.3) is 0 Å². The van der Waals surface area contributed by atoms with Gasteiger partial charge in [0.25, 0.3) is 0 Å². The zero-order valence-electron chi connectivity index (χ0n) is 18.4. The molecule has 0 unspecified atom stereocenters. The number of amidine groups is 2. The van der Waals surface area contributed by atoms with Gasteiger partial charge in [0.15, 0.2) is 0 Å². The maximum Gasteiger partial charge on any atom is 2.00 e. The van der Waals surface area contributed by atoms with Crippen molar-refractivity contribution in [2.75, 3.05) is 0 Å². The van der Waals surface area contributed by atoms with E-state index in [4.69, 9.17) is 9.59 Å². The number of carboxylic acid groups (broad SMARTS) is 2. The van der Waals surface area contributed by atoms with Crippen LogP contribution in [0.4, 0.5) is 0 Å². The average Bonchev–Trinajstić information content (AvgIpc) is 2.56. The molecule has 0 fully saturated rings. The van der Waals surface area contributed by atoms with Crippen LogP contribution in [-0.2, 0) is 38.7 Å². The Labute approximate surface area is 186 Å². The van der Waals surface area contributed by atoms with Crippen molar-refractivity contribution < 1.29 is 48.9 Å². The number of nitrogens with zero attached hydrogens (tertiary/aromatic N) is 2. The van der Waals surface area contributed by atoms with Crippen LogP contribution in [0.5, 0.6) is 0 Å². The molecule has 0 rings (SSSR count). The number of carboxylic acids is 2. The summed E-state index contributed by atoms with van der Waals surface area (Å²) in [5.41, 5.74) is 0. The van der Waals surface area contributed by atoms with Crippen molar-refractivity contribution in [2.24, 2.45) is 9.98 Å². The van der Waals surface area contributed by atoms with Gasteiger partial charge in [-0.2, -0.15) is 0 Å². The summed E-state index contributed by atoms with van der Waals surface area (Å²) in [5.74, 6) is -2.64. The number of rotatable bonds is 4. The molecule has 0 aromatic carbocycles. The molecule has 2 N–H and O–H groups in total. The standard InChI is InChI=1S/2C8H16N2O2.2CH2O.Ru/c2*1-5(2)9-7(8(11)12)10-6(3)4;2*1-2;/h2*5-6H,1-4H3,(H,9,10)(H,11,12);2*1H2;/q;;;;+2/p-2. The summed E-state index contributed by atoms with van der Waals surface area (Å²) in [6, 6.07) is 0.0362. The minimum absolute atomic E-state index is 0. The van der Waals surface area contributed by atoms with Gasteiger partial charge in [-0.1, -0.05) is 0 Å². The number of hydrogen-bond donors (Lipinski definition) is 2. The maximum atomic E-state index is 10.5. The van der Waals surface area contributed by atoms with Crippen LogP contribution in [0.15, 0.2) is 9.98 Å². The van der Waals surface area contributed by atoms with E-state index in [2.05, 4.69) is 20.6 Å². The summed E-state index contributed by atoms with van der Waals surface area (Å²) < 4.78 is 0. The number of nitrogens with one attached hydrogen (secondary N) is 2. The normalized spacial score (nSPS) is 10.5. The van der Waals surface area contributed by atoms with E-state index in [1.54, 1.807) is 0 Å². The molecule has 0 amide bonds. The Hall–Kier alpha value is -2.16. The van der Waals surface area contributed by atoms with E-state index in [1.807, 2.05) is 69.0 Å². The van der Waals surface area contributed by atoms with Gasteiger partial charge < -0.3 is 40.0 Å². The quantitative estimate of drug-likeness (QED) is 0.272. The molecule has 0 saturated heterocycles. The summed E-state index contributed by atoms with van der Waals surface area (Å²) in [6.07, 6.45) is 0. The van der Waals surface area contributed by atoms with Gasteiger partial charge in [-0.25, -0.2) is 0 Å². The van der Waals surface area contributed by atoms with E-state index in [0.717, 1.165) is 0 Å². The van der Waals surface area contributed by atoms with Crippen LogP contribution in [0.1, 0.15) is 55.4 Å². The van der Waals surface area contributed by atoms with Crippen molar-refractivity contribution in [3.63, 3.8) is 0 Å². The zero-order valence-corrected chi connectivity index (χ0v) is 20.2. The van der Waals surface area contributed by atoms with Gasteiger partial charge in [-0.3, -0.25) is 9.98 Å². The minimum atomic E-state index is -1.25. The van der Waals surface area contributed by atoms with Gasteiger partial charge >= 0.3 is 19.5 Å². The van der Waals surface area contributed by atoms with Crippen molar-refractivity contribution in [1.29, 1.82) is 0 Å². The molecule has 170 valence electrons. The molecule has 10 nitrogen and oxygen atoms in total. The van der Waals surface area contributed by atoms with Crippen molar-refractivity contribution in [1.82, 2.24) is 10.6 Å². The topological polar surface area (TPSA) is 163 Å².